The lowest BCUT2D eigenvalue weighted by molar-refractivity contribution is 0.285. The largest absolute Gasteiger partial charge is 0.314 e. The van der Waals surface area contributed by atoms with E-state index in [1.165, 1.54) is 0 Å². The number of nitrogens with one attached hydrogen (secondary N) is 1. The third kappa shape index (κ3) is 4.14. The van der Waals surface area contributed by atoms with Gasteiger partial charge in [-0.05, 0) is 24.3 Å². The number of aromatic nitrogens is 1. The van der Waals surface area contributed by atoms with Crippen molar-refractivity contribution >= 4 is 11.6 Å². The topological polar surface area (TPSA) is 34.0 Å². The molecule has 102 valence electrons. The fraction of sp³-hybridized carbons (Fsp3) is 0.643. The molecule has 1 aromatic rings. The summed E-state index contributed by atoms with van der Waals surface area (Å²) in [6.07, 6.45) is 3.97. The quantitative estimate of drug-likeness (QED) is 0.582. The van der Waals surface area contributed by atoms with Crippen molar-refractivity contribution in [2.75, 3.05) is 19.0 Å². The lowest BCUT2D eigenvalue weighted by atomic mass is 9.84. The molecule has 1 heterocycles. The molecule has 0 saturated carbocycles. The monoisotopic (exact) mass is 270 g/mol. The Hall–Kier alpha value is -0.800. The molecule has 0 aliphatic heterocycles. The summed E-state index contributed by atoms with van der Waals surface area (Å²) < 4.78 is 1.72. The summed E-state index contributed by atoms with van der Waals surface area (Å²) in [6, 6.07) is 5.22. The van der Waals surface area contributed by atoms with Crippen LogP contribution in [-0.4, -0.2) is 23.5 Å². The van der Waals surface area contributed by atoms with Gasteiger partial charge < -0.3 is 9.88 Å². The first-order chi connectivity index (χ1) is 8.67. The van der Waals surface area contributed by atoms with E-state index in [1.54, 1.807) is 16.7 Å². The molecular formula is C14H23ClN2O. The van der Waals surface area contributed by atoms with Crippen LogP contribution in [0.15, 0.2) is 29.2 Å². The van der Waals surface area contributed by atoms with Gasteiger partial charge in [0, 0.05) is 37.8 Å². The van der Waals surface area contributed by atoms with Gasteiger partial charge in [-0.1, -0.05) is 19.9 Å². The van der Waals surface area contributed by atoms with E-state index in [-0.39, 0.29) is 11.0 Å². The maximum atomic E-state index is 11.5. The summed E-state index contributed by atoms with van der Waals surface area (Å²) in [5.41, 5.74) is 0.234. The average molecular weight is 271 g/mol. The van der Waals surface area contributed by atoms with Gasteiger partial charge in [-0.25, -0.2) is 0 Å². The van der Waals surface area contributed by atoms with Crippen molar-refractivity contribution in [3.05, 3.63) is 34.7 Å². The third-order valence-electron chi connectivity index (χ3n) is 3.71. The van der Waals surface area contributed by atoms with E-state index in [1.807, 2.05) is 12.3 Å². The minimum Gasteiger partial charge on any atom is -0.314 e. The molecule has 18 heavy (non-hydrogen) atoms. The zero-order valence-corrected chi connectivity index (χ0v) is 12.0. The van der Waals surface area contributed by atoms with E-state index in [4.69, 9.17) is 11.6 Å². The molecule has 0 radical (unpaired) electrons. The number of alkyl halides is 1. The van der Waals surface area contributed by atoms with E-state index in [0.29, 0.717) is 12.4 Å². The first-order valence-electron chi connectivity index (χ1n) is 6.59. The number of nitrogens with zero attached hydrogens (tertiary/aromatic N) is 1. The molecule has 3 nitrogen and oxygen atoms in total. The van der Waals surface area contributed by atoms with Gasteiger partial charge in [0.2, 0.25) is 0 Å². The summed E-state index contributed by atoms with van der Waals surface area (Å²) in [5.74, 6) is 0.679. The molecule has 1 aromatic heterocycles. The van der Waals surface area contributed by atoms with E-state index in [0.717, 1.165) is 25.9 Å². The highest BCUT2D eigenvalue weighted by Crippen LogP contribution is 2.26. The molecule has 4 heteroatoms. The van der Waals surface area contributed by atoms with E-state index in [2.05, 4.69) is 19.2 Å². The van der Waals surface area contributed by atoms with Crippen molar-refractivity contribution in [2.45, 2.75) is 33.2 Å². The standard InChI is InChI=1S/C14H23ClN2O/c1-3-14(4-2,11-15)12-16-8-10-17-9-6-5-7-13(17)18/h5-7,9,16H,3-4,8,10-12H2,1-2H3. The first kappa shape index (κ1) is 15.3. The van der Waals surface area contributed by atoms with Crippen molar-refractivity contribution in [2.24, 2.45) is 5.41 Å². The molecule has 0 amide bonds. The van der Waals surface area contributed by atoms with Gasteiger partial charge in [0.25, 0.3) is 5.56 Å². The molecule has 0 bridgehead atoms. The summed E-state index contributed by atoms with van der Waals surface area (Å²) >= 11 is 6.05. The summed E-state index contributed by atoms with van der Waals surface area (Å²) in [5, 5.41) is 3.41. The molecule has 0 saturated heterocycles. The van der Waals surface area contributed by atoms with E-state index in [9.17, 15) is 4.79 Å². The highest BCUT2D eigenvalue weighted by Gasteiger charge is 2.24. The van der Waals surface area contributed by atoms with Crippen LogP contribution in [0, 0.1) is 5.41 Å². The van der Waals surface area contributed by atoms with Gasteiger partial charge >= 0.3 is 0 Å². The summed E-state index contributed by atoms with van der Waals surface area (Å²) in [7, 11) is 0. The van der Waals surface area contributed by atoms with Crippen LogP contribution < -0.4 is 10.9 Å². The zero-order chi connectivity index (χ0) is 13.4. The SMILES string of the molecule is CCC(CC)(CCl)CNCCn1ccccc1=O. The van der Waals surface area contributed by atoms with Gasteiger partial charge in [0.05, 0.1) is 0 Å². The van der Waals surface area contributed by atoms with Crippen LogP contribution in [0.5, 0.6) is 0 Å². The molecule has 1 rings (SSSR count). The number of hydrogen-bond acceptors (Lipinski definition) is 2. The Morgan fingerprint density at radius 1 is 1.33 bits per heavy atom. The van der Waals surface area contributed by atoms with Crippen molar-refractivity contribution < 1.29 is 0 Å². The number of rotatable bonds is 8. The predicted molar refractivity (Wildman–Crippen MR) is 77.3 cm³/mol. The minimum absolute atomic E-state index is 0.0499. The molecule has 0 atom stereocenters. The van der Waals surface area contributed by atoms with Gasteiger partial charge in [-0.2, -0.15) is 0 Å². The van der Waals surface area contributed by atoms with Gasteiger partial charge in [-0.15, -0.1) is 11.6 Å². The Labute approximate surface area is 114 Å². The molecule has 0 aliphatic carbocycles. The number of halogens is 1. The fourth-order valence-corrected chi connectivity index (χ4v) is 2.41. The van der Waals surface area contributed by atoms with Crippen molar-refractivity contribution in [1.29, 1.82) is 0 Å². The van der Waals surface area contributed by atoms with Gasteiger partial charge in [0.15, 0.2) is 0 Å². The van der Waals surface area contributed by atoms with Gasteiger partial charge in [-0.3, -0.25) is 4.79 Å². The number of pyridine rings is 1. The molecule has 0 fully saturated rings. The Bertz CT molecular complexity index is 391. The van der Waals surface area contributed by atoms with E-state index >= 15 is 0 Å². The van der Waals surface area contributed by atoms with Gasteiger partial charge in [0.1, 0.15) is 0 Å². The smallest absolute Gasteiger partial charge is 0.250 e. The van der Waals surface area contributed by atoms with Crippen LogP contribution >= 0.6 is 11.6 Å². The second-order valence-corrected chi connectivity index (χ2v) is 5.02. The molecule has 0 aromatic carbocycles. The van der Waals surface area contributed by atoms with Crippen LogP contribution in [-0.2, 0) is 6.54 Å². The zero-order valence-electron chi connectivity index (χ0n) is 11.3. The maximum Gasteiger partial charge on any atom is 0.250 e. The van der Waals surface area contributed by atoms with E-state index < -0.39 is 0 Å². The Kier molecular flexibility index (Phi) is 6.44. The van der Waals surface area contributed by atoms with Crippen LogP contribution in [0.1, 0.15) is 26.7 Å². The molecular weight excluding hydrogens is 248 g/mol. The van der Waals surface area contributed by atoms with Crippen molar-refractivity contribution in [3.63, 3.8) is 0 Å². The first-order valence-corrected chi connectivity index (χ1v) is 7.13. The second-order valence-electron chi connectivity index (χ2n) is 4.75. The fourth-order valence-electron chi connectivity index (χ4n) is 1.93. The second kappa shape index (κ2) is 7.59. The predicted octanol–water partition coefficient (Wildman–Crippen LogP) is 2.48. The average Bonchev–Trinajstić information content (AvgIpc) is 2.42. The maximum absolute atomic E-state index is 11.5. The van der Waals surface area contributed by atoms with Crippen LogP contribution in [0.3, 0.4) is 0 Å². The van der Waals surface area contributed by atoms with Crippen LogP contribution in [0.4, 0.5) is 0 Å². The highest BCUT2D eigenvalue weighted by atomic mass is 35.5. The molecule has 0 spiro atoms. The summed E-state index contributed by atoms with van der Waals surface area (Å²) in [6.45, 7) is 6.75. The minimum atomic E-state index is 0.0499. The van der Waals surface area contributed by atoms with Crippen LogP contribution in [0.2, 0.25) is 0 Å². The Balaban J connectivity index is 2.39. The van der Waals surface area contributed by atoms with Crippen LogP contribution in [0.25, 0.3) is 0 Å². The Morgan fingerprint density at radius 3 is 2.61 bits per heavy atom. The highest BCUT2D eigenvalue weighted by molar-refractivity contribution is 6.18. The summed E-state index contributed by atoms with van der Waals surface area (Å²) in [4.78, 5) is 11.5. The molecule has 0 unspecified atom stereocenters. The number of hydrogen-bond donors (Lipinski definition) is 1. The van der Waals surface area contributed by atoms with Crippen molar-refractivity contribution in [3.8, 4) is 0 Å². The lowest BCUT2D eigenvalue weighted by Gasteiger charge is -2.29. The Morgan fingerprint density at radius 2 is 2.06 bits per heavy atom. The lowest BCUT2D eigenvalue weighted by Crippen LogP contribution is -2.37. The molecule has 0 aliphatic rings. The van der Waals surface area contributed by atoms with Crippen molar-refractivity contribution in [1.82, 2.24) is 9.88 Å². The normalized spacial score (nSPS) is 11.7. The molecule has 1 N–H and O–H groups in total. The third-order valence-corrected chi connectivity index (χ3v) is 4.28.